The largest absolute Gasteiger partial charge is 0.476 e. The number of hydrogen-bond donors (Lipinski definition) is 1. The molecule has 0 unspecified atom stereocenters. The molecule has 0 amide bonds. The van der Waals surface area contributed by atoms with Crippen molar-refractivity contribution in [1.82, 2.24) is 15.0 Å². The van der Waals surface area contributed by atoms with Crippen LogP contribution in [0.4, 0.5) is 0 Å². The van der Waals surface area contributed by atoms with E-state index in [1.54, 1.807) is 17.5 Å². The fraction of sp³-hybridized carbons (Fsp3) is 0. The lowest BCUT2D eigenvalue weighted by atomic mass is 10.2. The first-order valence-corrected chi connectivity index (χ1v) is 6.92. The zero-order valence-corrected chi connectivity index (χ0v) is 11.8. The van der Waals surface area contributed by atoms with E-state index >= 15 is 0 Å². The molecule has 5 nitrogen and oxygen atoms in total. The molecule has 3 aromatic heterocycles. The first-order valence-electron chi connectivity index (χ1n) is 5.24. The van der Waals surface area contributed by atoms with Gasteiger partial charge >= 0.3 is 5.97 Å². The number of carbonyl (C=O) groups is 1. The third-order valence-electron chi connectivity index (χ3n) is 2.51. The lowest BCUT2D eigenvalue weighted by molar-refractivity contribution is 0.0689. The molecule has 1 N–H and O–H groups in total. The molecule has 19 heavy (non-hydrogen) atoms. The van der Waals surface area contributed by atoms with Gasteiger partial charge in [0.05, 0.1) is 14.7 Å². The van der Waals surface area contributed by atoms with E-state index < -0.39 is 5.97 Å². The Labute approximate surface area is 120 Å². The average molecular weight is 336 g/mol. The second-order valence-electron chi connectivity index (χ2n) is 3.72. The number of carboxylic acid groups (broad SMARTS) is 1. The summed E-state index contributed by atoms with van der Waals surface area (Å²) in [6.07, 6.45) is 3.08. The van der Waals surface area contributed by atoms with Crippen LogP contribution in [0.25, 0.3) is 21.6 Å². The van der Waals surface area contributed by atoms with Crippen LogP contribution in [-0.4, -0.2) is 26.0 Å². The van der Waals surface area contributed by atoms with E-state index in [0.29, 0.717) is 15.9 Å². The van der Waals surface area contributed by atoms with E-state index in [1.165, 1.54) is 6.20 Å². The first kappa shape index (κ1) is 12.2. The molecule has 0 radical (unpaired) electrons. The van der Waals surface area contributed by atoms with Crippen molar-refractivity contribution in [3.8, 4) is 11.4 Å². The maximum Gasteiger partial charge on any atom is 0.355 e. The van der Waals surface area contributed by atoms with Crippen molar-refractivity contribution in [1.29, 1.82) is 0 Å². The van der Waals surface area contributed by atoms with Crippen LogP contribution in [0, 0.1) is 0 Å². The van der Waals surface area contributed by atoms with Crippen molar-refractivity contribution < 1.29 is 9.90 Å². The maximum atomic E-state index is 11.0. The number of nitrogens with zero attached hydrogens (tertiary/aromatic N) is 3. The molecule has 0 aromatic carbocycles. The zero-order valence-electron chi connectivity index (χ0n) is 9.37. The molecule has 7 heteroatoms. The van der Waals surface area contributed by atoms with Crippen LogP contribution in [0.15, 0.2) is 34.4 Å². The summed E-state index contributed by atoms with van der Waals surface area (Å²) in [6.45, 7) is 0. The van der Waals surface area contributed by atoms with Crippen molar-refractivity contribution in [3.05, 3.63) is 40.1 Å². The molecule has 0 bridgehead atoms. The highest BCUT2D eigenvalue weighted by atomic mass is 79.9. The van der Waals surface area contributed by atoms with E-state index in [1.807, 2.05) is 17.5 Å². The monoisotopic (exact) mass is 335 g/mol. The minimum atomic E-state index is -1.10. The highest BCUT2D eigenvalue weighted by molar-refractivity contribution is 9.10. The third kappa shape index (κ3) is 2.22. The summed E-state index contributed by atoms with van der Waals surface area (Å²) in [4.78, 5) is 23.5. The molecule has 0 aliphatic carbocycles. The van der Waals surface area contributed by atoms with E-state index in [4.69, 9.17) is 5.11 Å². The number of hydrogen-bond acceptors (Lipinski definition) is 5. The number of thiophene rings is 1. The minimum absolute atomic E-state index is 0.0590. The van der Waals surface area contributed by atoms with Gasteiger partial charge in [-0.1, -0.05) is 0 Å². The van der Waals surface area contributed by atoms with E-state index in [0.717, 1.165) is 10.2 Å². The van der Waals surface area contributed by atoms with Crippen molar-refractivity contribution in [2.24, 2.45) is 0 Å². The smallest absolute Gasteiger partial charge is 0.355 e. The van der Waals surface area contributed by atoms with Crippen molar-refractivity contribution in [3.63, 3.8) is 0 Å². The molecule has 0 aliphatic heterocycles. The Hall–Kier alpha value is -1.86. The summed E-state index contributed by atoms with van der Waals surface area (Å²) in [5.74, 6) is -0.746. The van der Waals surface area contributed by atoms with Gasteiger partial charge in [0.15, 0.2) is 11.5 Å². The molecule has 94 valence electrons. The number of aromatic carboxylic acids is 1. The molecule has 0 saturated carbocycles. The Morgan fingerprint density at radius 1 is 1.32 bits per heavy atom. The Morgan fingerprint density at radius 3 is 2.95 bits per heavy atom. The van der Waals surface area contributed by atoms with Crippen LogP contribution < -0.4 is 0 Å². The second-order valence-corrected chi connectivity index (χ2v) is 5.53. The zero-order chi connectivity index (χ0) is 13.4. The predicted octanol–water partition coefficient (Wildman–Crippen LogP) is 3.21. The highest BCUT2D eigenvalue weighted by Gasteiger charge is 2.13. The highest BCUT2D eigenvalue weighted by Crippen LogP contribution is 2.25. The molecule has 3 heterocycles. The van der Waals surface area contributed by atoms with Gasteiger partial charge in [-0.05, 0) is 33.4 Å². The molecule has 3 aromatic rings. The van der Waals surface area contributed by atoms with Crippen LogP contribution >= 0.6 is 27.3 Å². The quantitative estimate of drug-likeness (QED) is 0.778. The van der Waals surface area contributed by atoms with Crippen LogP contribution in [0.5, 0.6) is 0 Å². The van der Waals surface area contributed by atoms with Gasteiger partial charge in [-0.3, -0.25) is 4.98 Å². The van der Waals surface area contributed by atoms with Gasteiger partial charge in [-0.15, -0.1) is 11.3 Å². The maximum absolute atomic E-state index is 11.0. The molecular formula is C12H6BrN3O2S. The third-order valence-corrected chi connectivity index (χ3v) is 3.94. The van der Waals surface area contributed by atoms with Crippen LogP contribution in [-0.2, 0) is 0 Å². The molecule has 3 rings (SSSR count). The van der Waals surface area contributed by atoms with Gasteiger partial charge in [-0.2, -0.15) is 0 Å². The molecule has 0 saturated heterocycles. The van der Waals surface area contributed by atoms with Crippen LogP contribution in [0.3, 0.4) is 0 Å². The first-order chi connectivity index (χ1) is 9.15. The minimum Gasteiger partial charge on any atom is -0.476 e. The summed E-state index contributed by atoms with van der Waals surface area (Å²) in [6, 6.07) is 3.83. The predicted molar refractivity (Wildman–Crippen MR) is 75.3 cm³/mol. The average Bonchev–Trinajstić information content (AvgIpc) is 2.86. The number of pyridine rings is 1. The SMILES string of the molecule is O=C(O)c1nc(-c2cnc3ccsc3c2)ncc1Br. The van der Waals surface area contributed by atoms with Crippen LogP contribution in [0.2, 0.25) is 0 Å². The number of aromatic nitrogens is 3. The Morgan fingerprint density at radius 2 is 2.16 bits per heavy atom. The fourth-order valence-corrected chi connectivity index (χ4v) is 2.77. The second kappa shape index (κ2) is 4.67. The molecular weight excluding hydrogens is 330 g/mol. The number of fused-ring (bicyclic) bond motifs is 1. The van der Waals surface area contributed by atoms with E-state index in [2.05, 4.69) is 30.9 Å². The summed E-state index contributed by atoms with van der Waals surface area (Å²) >= 11 is 4.68. The Balaban J connectivity index is 2.15. The van der Waals surface area contributed by atoms with Gasteiger partial charge in [0.2, 0.25) is 0 Å². The normalized spacial score (nSPS) is 10.8. The van der Waals surface area contributed by atoms with Gasteiger partial charge in [0.25, 0.3) is 0 Å². The van der Waals surface area contributed by atoms with E-state index in [9.17, 15) is 4.79 Å². The molecule has 0 fully saturated rings. The number of rotatable bonds is 2. The lowest BCUT2D eigenvalue weighted by Crippen LogP contribution is -2.04. The molecule has 0 spiro atoms. The number of halogens is 1. The summed E-state index contributed by atoms with van der Waals surface area (Å²) in [5.41, 5.74) is 1.55. The standard InChI is InChI=1S/C12H6BrN3O2S/c13-7-5-15-11(16-10(7)12(17)18)6-3-9-8(14-4-6)1-2-19-9/h1-5H,(H,17,18). The van der Waals surface area contributed by atoms with Crippen molar-refractivity contribution in [2.45, 2.75) is 0 Å². The van der Waals surface area contributed by atoms with Crippen LogP contribution in [0.1, 0.15) is 10.5 Å². The van der Waals surface area contributed by atoms with Gasteiger partial charge in [0, 0.05) is 18.0 Å². The van der Waals surface area contributed by atoms with E-state index in [-0.39, 0.29) is 5.69 Å². The Kier molecular flexibility index (Phi) is 3.00. The number of carboxylic acids is 1. The van der Waals surface area contributed by atoms with Gasteiger partial charge < -0.3 is 5.11 Å². The van der Waals surface area contributed by atoms with Crippen molar-refractivity contribution in [2.75, 3.05) is 0 Å². The lowest BCUT2D eigenvalue weighted by Gasteiger charge is -2.02. The van der Waals surface area contributed by atoms with Crippen molar-refractivity contribution >= 4 is 43.5 Å². The van der Waals surface area contributed by atoms with Gasteiger partial charge in [0.1, 0.15) is 0 Å². The topological polar surface area (TPSA) is 76.0 Å². The summed E-state index contributed by atoms with van der Waals surface area (Å²) < 4.78 is 1.37. The molecule has 0 atom stereocenters. The molecule has 0 aliphatic rings. The van der Waals surface area contributed by atoms with Gasteiger partial charge in [-0.25, -0.2) is 14.8 Å². The Bertz CT molecular complexity index is 787. The summed E-state index contributed by atoms with van der Waals surface area (Å²) in [5, 5.41) is 11.0. The summed E-state index contributed by atoms with van der Waals surface area (Å²) in [7, 11) is 0. The fourth-order valence-electron chi connectivity index (χ4n) is 1.62.